The van der Waals surface area contributed by atoms with Gasteiger partial charge in [-0.1, -0.05) is 24.3 Å². The molecule has 0 radical (unpaired) electrons. The van der Waals surface area contributed by atoms with Crippen LogP contribution in [0.5, 0.6) is 0 Å². The van der Waals surface area contributed by atoms with E-state index < -0.39 is 5.82 Å². The van der Waals surface area contributed by atoms with Crippen LogP contribution in [0.25, 0.3) is 0 Å². The highest BCUT2D eigenvalue weighted by Gasteiger charge is 2.39. The van der Waals surface area contributed by atoms with Gasteiger partial charge in [0.2, 0.25) is 0 Å². The zero-order valence-electron chi connectivity index (χ0n) is 19.0. The van der Waals surface area contributed by atoms with Gasteiger partial charge in [0.15, 0.2) is 5.78 Å². The van der Waals surface area contributed by atoms with Gasteiger partial charge in [0.25, 0.3) is 0 Å². The molecule has 1 saturated heterocycles. The van der Waals surface area contributed by atoms with Crippen LogP contribution in [-0.4, -0.2) is 57.0 Å². The monoisotopic (exact) mass is 456 g/mol. The molecule has 172 valence electrons. The summed E-state index contributed by atoms with van der Waals surface area (Å²) in [4.78, 5) is 29.1. The zero-order chi connectivity index (χ0) is 23.2. The molecule has 6 rings (SSSR count). The van der Waals surface area contributed by atoms with Gasteiger partial charge in [0.05, 0.1) is 17.3 Å². The number of aliphatic imine (C=N–C) groups is 2. The fourth-order valence-electron chi connectivity index (χ4n) is 5.14. The van der Waals surface area contributed by atoms with Crippen molar-refractivity contribution in [2.45, 2.75) is 38.3 Å². The van der Waals surface area contributed by atoms with Crippen LogP contribution in [0.4, 0.5) is 10.1 Å². The first-order valence-corrected chi connectivity index (χ1v) is 11.8. The second kappa shape index (κ2) is 8.36. The Bertz CT molecular complexity index is 1320. The molecule has 2 aromatic carbocycles. The minimum absolute atomic E-state index is 0.0104. The summed E-state index contributed by atoms with van der Waals surface area (Å²) >= 11 is 0. The van der Waals surface area contributed by atoms with E-state index in [2.05, 4.69) is 44.2 Å². The lowest BCUT2D eigenvalue weighted by Crippen LogP contribution is -2.36. The van der Waals surface area contributed by atoms with E-state index in [1.54, 1.807) is 6.33 Å². The molecule has 34 heavy (non-hydrogen) atoms. The molecule has 0 N–H and O–H groups in total. The number of nitrogens with zero attached hydrogens (tertiary/aromatic N) is 6. The molecule has 1 fully saturated rings. The average Bonchev–Trinajstić information content (AvgIpc) is 3.22. The summed E-state index contributed by atoms with van der Waals surface area (Å²) in [5.74, 6) is -0.393. The number of rotatable bonds is 5. The van der Waals surface area contributed by atoms with E-state index in [0.717, 1.165) is 36.7 Å². The molecule has 8 heteroatoms. The third-order valence-electron chi connectivity index (χ3n) is 7.00. The Morgan fingerprint density at radius 2 is 1.97 bits per heavy atom. The van der Waals surface area contributed by atoms with Crippen LogP contribution >= 0.6 is 0 Å². The van der Waals surface area contributed by atoms with Crippen LogP contribution in [0.15, 0.2) is 52.7 Å². The Balaban J connectivity index is 1.48. The lowest BCUT2D eigenvalue weighted by molar-refractivity contribution is 0.0999. The van der Waals surface area contributed by atoms with E-state index >= 15 is 0 Å². The van der Waals surface area contributed by atoms with Crippen molar-refractivity contribution in [3.8, 4) is 0 Å². The maximum absolute atomic E-state index is 14.4. The summed E-state index contributed by atoms with van der Waals surface area (Å²) in [5.41, 5.74) is 4.46. The molecule has 0 spiro atoms. The number of halogens is 1. The minimum atomic E-state index is -0.470. The van der Waals surface area contributed by atoms with Gasteiger partial charge in [-0.3, -0.25) is 19.7 Å². The number of benzene rings is 2. The number of aryl methyl sites for hydroxylation is 1. The number of carbonyl (C=O) groups is 1. The summed E-state index contributed by atoms with van der Waals surface area (Å²) in [6.07, 6.45) is 4.67. The molecule has 4 heterocycles. The van der Waals surface area contributed by atoms with Crippen molar-refractivity contribution >= 4 is 23.4 Å². The maximum Gasteiger partial charge on any atom is 0.185 e. The molecule has 1 aromatic heterocycles. The first kappa shape index (κ1) is 21.0. The Morgan fingerprint density at radius 1 is 1.15 bits per heavy atom. The quantitative estimate of drug-likeness (QED) is 0.583. The highest BCUT2D eigenvalue weighted by atomic mass is 19.1. The number of hydrogen-bond acceptors (Lipinski definition) is 6. The smallest absolute Gasteiger partial charge is 0.185 e. The molecule has 0 saturated carbocycles. The molecule has 3 aromatic rings. The topological polar surface area (TPSA) is 75.7 Å². The highest BCUT2D eigenvalue weighted by molar-refractivity contribution is 6.21. The van der Waals surface area contributed by atoms with Crippen molar-refractivity contribution in [2.24, 2.45) is 9.98 Å². The molecule has 0 amide bonds. The van der Waals surface area contributed by atoms with Crippen LogP contribution < -0.4 is 0 Å². The van der Waals surface area contributed by atoms with Gasteiger partial charge in [-0.25, -0.2) is 14.1 Å². The fraction of sp³-hybridized carbons (Fsp3) is 0.346. The number of hydrogen-bond donors (Lipinski definition) is 0. The van der Waals surface area contributed by atoms with Crippen molar-refractivity contribution < 1.29 is 9.18 Å². The van der Waals surface area contributed by atoms with Crippen molar-refractivity contribution in [3.05, 3.63) is 76.6 Å². The molecule has 2 unspecified atom stereocenters. The fourth-order valence-corrected chi connectivity index (χ4v) is 5.14. The predicted molar refractivity (Wildman–Crippen MR) is 128 cm³/mol. The maximum atomic E-state index is 14.4. The van der Waals surface area contributed by atoms with Gasteiger partial charge >= 0.3 is 0 Å². The lowest BCUT2D eigenvalue weighted by Gasteiger charge is -2.31. The predicted octanol–water partition coefficient (Wildman–Crippen LogP) is 3.91. The SMILES string of the molecule is CCn1ncnc1C1C2=NCC(=O)c3cc(F)cc(c32)N=CC1c1ccc(CN2CCC2)cc1. The van der Waals surface area contributed by atoms with Gasteiger partial charge in [0, 0.05) is 42.4 Å². The largest absolute Gasteiger partial charge is 0.299 e. The molecule has 0 aliphatic carbocycles. The molecule has 0 bridgehead atoms. The lowest BCUT2D eigenvalue weighted by atomic mass is 9.78. The van der Waals surface area contributed by atoms with Crippen LogP contribution in [0, 0.1) is 5.82 Å². The van der Waals surface area contributed by atoms with E-state index in [0.29, 0.717) is 23.4 Å². The summed E-state index contributed by atoms with van der Waals surface area (Å²) in [7, 11) is 0. The van der Waals surface area contributed by atoms with Gasteiger partial charge in [-0.05, 0) is 43.6 Å². The van der Waals surface area contributed by atoms with E-state index in [-0.39, 0.29) is 24.2 Å². The standard InChI is InChI=1S/C26H25FN6O/c1-2-33-26(30-15-31-33)24-20(17-6-4-16(5-7-17)14-32-8-3-9-32)12-28-21-11-18(27)10-19-22(34)13-29-25(24)23(19)21/h4-7,10-12,15,20,24H,2-3,8-9,13-14H2,1H3. The van der Waals surface area contributed by atoms with Crippen molar-refractivity contribution in [3.63, 3.8) is 0 Å². The molecular weight excluding hydrogens is 431 g/mol. The third kappa shape index (κ3) is 3.49. The molecular formula is C26H25FN6O. The van der Waals surface area contributed by atoms with Crippen LogP contribution in [0.1, 0.15) is 58.1 Å². The first-order valence-electron chi connectivity index (χ1n) is 11.8. The number of Topliss-reactive ketones (excluding diaryl/α,β-unsaturated/α-hetero) is 1. The van der Waals surface area contributed by atoms with E-state index in [4.69, 9.17) is 4.99 Å². The molecule has 7 nitrogen and oxygen atoms in total. The van der Waals surface area contributed by atoms with E-state index in [1.807, 2.05) is 17.8 Å². The van der Waals surface area contributed by atoms with E-state index in [9.17, 15) is 9.18 Å². The average molecular weight is 457 g/mol. The Kier molecular flexibility index (Phi) is 5.17. The molecule has 3 aliphatic heterocycles. The number of carbonyl (C=O) groups excluding carboxylic acids is 1. The number of likely N-dealkylation sites (tertiary alicyclic amines) is 1. The minimum Gasteiger partial charge on any atom is -0.299 e. The summed E-state index contributed by atoms with van der Waals surface area (Å²) in [5, 5.41) is 4.40. The summed E-state index contributed by atoms with van der Waals surface area (Å²) < 4.78 is 16.3. The van der Waals surface area contributed by atoms with Crippen LogP contribution in [0.2, 0.25) is 0 Å². The van der Waals surface area contributed by atoms with Crippen molar-refractivity contribution in [2.75, 3.05) is 19.6 Å². The number of aromatic nitrogens is 3. The second-order valence-corrected chi connectivity index (χ2v) is 9.06. The van der Waals surface area contributed by atoms with Gasteiger partial charge < -0.3 is 0 Å². The normalized spacial score (nSPS) is 21.6. The Labute approximate surface area is 197 Å². The first-order chi connectivity index (χ1) is 16.6. The van der Waals surface area contributed by atoms with Gasteiger partial charge in [0.1, 0.15) is 24.5 Å². The zero-order valence-corrected chi connectivity index (χ0v) is 19.0. The Hall–Kier alpha value is -3.52. The number of ketones is 1. The Morgan fingerprint density at radius 3 is 2.71 bits per heavy atom. The molecule has 3 aliphatic rings. The highest BCUT2D eigenvalue weighted by Crippen LogP contribution is 2.42. The summed E-state index contributed by atoms with van der Waals surface area (Å²) in [6, 6.07) is 11.3. The van der Waals surface area contributed by atoms with Crippen molar-refractivity contribution in [1.29, 1.82) is 0 Å². The summed E-state index contributed by atoms with van der Waals surface area (Å²) in [6.45, 7) is 5.92. The third-order valence-corrected chi connectivity index (χ3v) is 7.00. The van der Waals surface area contributed by atoms with Crippen molar-refractivity contribution in [1.82, 2.24) is 19.7 Å². The molecule has 2 atom stereocenters. The van der Waals surface area contributed by atoms with Gasteiger partial charge in [-0.15, -0.1) is 0 Å². The second-order valence-electron chi connectivity index (χ2n) is 9.06. The van der Waals surface area contributed by atoms with Gasteiger partial charge in [-0.2, -0.15) is 5.10 Å². The van der Waals surface area contributed by atoms with Crippen LogP contribution in [-0.2, 0) is 13.1 Å². The van der Waals surface area contributed by atoms with Crippen LogP contribution in [0.3, 0.4) is 0 Å². The van der Waals surface area contributed by atoms with E-state index in [1.165, 1.54) is 24.1 Å².